The van der Waals surface area contributed by atoms with Crippen LogP contribution in [0.15, 0.2) is 0 Å². The van der Waals surface area contributed by atoms with Crippen LogP contribution >= 0.6 is 0 Å². The highest BCUT2D eigenvalue weighted by Crippen LogP contribution is 2.28. The zero-order chi connectivity index (χ0) is 17.0. The van der Waals surface area contributed by atoms with E-state index < -0.39 is 29.1 Å². The number of carbonyl (C=O) groups excluding carboxylic acids is 3. The van der Waals surface area contributed by atoms with E-state index in [-0.39, 0.29) is 26.3 Å². The lowest BCUT2D eigenvalue weighted by Gasteiger charge is -2.36. The first kappa shape index (κ1) is 18.2. The minimum Gasteiger partial charge on any atom is -0.464 e. The van der Waals surface area contributed by atoms with E-state index in [0.717, 1.165) is 4.90 Å². The van der Waals surface area contributed by atoms with Crippen molar-refractivity contribution in [3.63, 3.8) is 0 Å². The lowest BCUT2D eigenvalue weighted by atomic mass is 9.96. The lowest BCUT2D eigenvalue weighted by molar-refractivity contribution is -0.164. The second-order valence-electron chi connectivity index (χ2n) is 5.91. The van der Waals surface area contributed by atoms with Crippen molar-refractivity contribution in [2.45, 2.75) is 45.3 Å². The van der Waals surface area contributed by atoms with E-state index in [1.165, 1.54) is 7.11 Å². The third-order valence-electron chi connectivity index (χ3n) is 3.09. The summed E-state index contributed by atoms with van der Waals surface area (Å²) in [6.07, 6.45) is -0.702. The van der Waals surface area contributed by atoms with Gasteiger partial charge in [-0.2, -0.15) is 0 Å². The summed E-state index contributed by atoms with van der Waals surface area (Å²) in [5, 5.41) is 2.56. The molecule has 1 rings (SSSR count). The predicted molar refractivity (Wildman–Crippen MR) is 76.9 cm³/mol. The van der Waals surface area contributed by atoms with Crippen LogP contribution in [-0.2, 0) is 23.8 Å². The Hall–Kier alpha value is -1.83. The second-order valence-corrected chi connectivity index (χ2v) is 5.91. The molecule has 1 fully saturated rings. The van der Waals surface area contributed by atoms with Gasteiger partial charge >= 0.3 is 12.1 Å². The van der Waals surface area contributed by atoms with Gasteiger partial charge in [0, 0.05) is 20.1 Å². The first-order chi connectivity index (χ1) is 10.2. The fourth-order valence-electron chi connectivity index (χ4n) is 2.19. The highest BCUT2D eigenvalue weighted by molar-refractivity contribution is 6.10. The molecule has 1 aliphatic rings. The van der Waals surface area contributed by atoms with E-state index in [9.17, 15) is 14.4 Å². The zero-order valence-electron chi connectivity index (χ0n) is 13.7. The Bertz CT molecular complexity index is 445. The fourth-order valence-corrected chi connectivity index (χ4v) is 2.19. The van der Waals surface area contributed by atoms with Crippen molar-refractivity contribution in [2.75, 3.05) is 27.0 Å². The highest BCUT2D eigenvalue weighted by atomic mass is 16.6. The van der Waals surface area contributed by atoms with Crippen molar-refractivity contribution in [1.29, 1.82) is 0 Å². The first-order valence-corrected chi connectivity index (χ1v) is 7.14. The molecule has 8 nitrogen and oxygen atoms in total. The quantitative estimate of drug-likeness (QED) is 0.455. The number of nitrogens with one attached hydrogen (secondary N) is 1. The molecule has 1 saturated heterocycles. The van der Waals surface area contributed by atoms with Crippen molar-refractivity contribution >= 4 is 18.0 Å². The average molecular weight is 316 g/mol. The van der Waals surface area contributed by atoms with Crippen LogP contribution in [0.1, 0.15) is 34.1 Å². The Labute approximate surface area is 130 Å². The van der Waals surface area contributed by atoms with Crippen molar-refractivity contribution in [2.24, 2.45) is 0 Å². The van der Waals surface area contributed by atoms with Crippen molar-refractivity contribution in [3.05, 3.63) is 0 Å². The summed E-state index contributed by atoms with van der Waals surface area (Å²) >= 11 is 0. The van der Waals surface area contributed by atoms with Gasteiger partial charge in [0.05, 0.1) is 6.61 Å². The SMILES string of the molecule is CCOC(=O)[C@]1(N(COC)C(=O)OC(C)(C)C)CCNC1=O. The lowest BCUT2D eigenvalue weighted by Crippen LogP contribution is -2.63. The van der Waals surface area contributed by atoms with E-state index in [0.29, 0.717) is 0 Å². The van der Waals surface area contributed by atoms with Crippen molar-refractivity contribution in [1.82, 2.24) is 10.2 Å². The van der Waals surface area contributed by atoms with Crippen LogP contribution in [0.2, 0.25) is 0 Å². The number of carbonyl (C=O) groups is 3. The normalized spacial score (nSPS) is 21.2. The fraction of sp³-hybridized carbons (Fsp3) is 0.786. The third-order valence-corrected chi connectivity index (χ3v) is 3.09. The van der Waals surface area contributed by atoms with Gasteiger partial charge in [-0.05, 0) is 27.7 Å². The number of esters is 1. The minimum atomic E-state index is -1.76. The number of ether oxygens (including phenoxy) is 3. The van der Waals surface area contributed by atoms with Crippen LogP contribution in [-0.4, -0.2) is 61.0 Å². The van der Waals surface area contributed by atoms with E-state index in [2.05, 4.69) is 5.32 Å². The number of rotatable bonds is 5. The molecule has 8 heteroatoms. The van der Waals surface area contributed by atoms with Gasteiger partial charge in [0.1, 0.15) is 12.3 Å². The molecule has 0 bridgehead atoms. The molecule has 1 heterocycles. The van der Waals surface area contributed by atoms with E-state index in [1.807, 2.05) is 0 Å². The summed E-state index contributed by atoms with van der Waals surface area (Å²) in [6.45, 7) is 6.82. The zero-order valence-corrected chi connectivity index (χ0v) is 13.7. The Kier molecular flexibility index (Phi) is 5.76. The van der Waals surface area contributed by atoms with Crippen LogP contribution in [0.3, 0.4) is 0 Å². The van der Waals surface area contributed by atoms with Crippen LogP contribution in [0.25, 0.3) is 0 Å². The van der Waals surface area contributed by atoms with Gasteiger partial charge in [-0.25, -0.2) is 9.59 Å². The van der Waals surface area contributed by atoms with Crippen LogP contribution in [0, 0.1) is 0 Å². The number of hydrogen-bond donors (Lipinski definition) is 1. The number of hydrogen-bond acceptors (Lipinski definition) is 6. The largest absolute Gasteiger partial charge is 0.464 e. The predicted octanol–water partition coefficient (Wildman–Crippen LogP) is 0.649. The number of amides is 2. The maximum absolute atomic E-state index is 12.4. The van der Waals surface area contributed by atoms with Gasteiger partial charge in [-0.1, -0.05) is 0 Å². The summed E-state index contributed by atoms with van der Waals surface area (Å²) in [6, 6.07) is 0. The van der Waals surface area contributed by atoms with Crippen molar-refractivity contribution < 1.29 is 28.6 Å². The molecule has 0 unspecified atom stereocenters. The van der Waals surface area contributed by atoms with Crippen molar-refractivity contribution in [3.8, 4) is 0 Å². The maximum atomic E-state index is 12.4. The second kappa shape index (κ2) is 6.95. The summed E-state index contributed by atoms with van der Waals surface area (Å²) in [7, 11) is 1.36. The van der Waals surface area contributed by atoms with Crippen LogP contribution in [0.4, 0.5) is 4.79 Å². The molecule has 0 aliphatic carbocycles. The minimum absolute atomic E-state index is 0.100. The first-order valence-electron chi connectivity index (χ1n) is 7.14. The standard InChI is InChI=1S/C14H24N2O6/c1-6-21-11(18)14(7-8-15-10(14)17)16(9-20-5)12(19)22-13(2,3)4/h6-9H2,1-5H3,(H,15,17)/t14-/m0/s1. The Morgan fingerprint density at radius 2 is 2.00 bits per heavy atom. The Balaban J connectivity index is 3.19. The van der Waals surface area contributed by atoms with Gasteiger partial charge in [-0.15, -0.1) is 0 Å². The molecule has 1 N–H and O–H groups in total. The molecule has 0 aromatic carbocycles. The molecule has 2 amide bonds. The molecule has 0 spiro atoms. The third kappa shape index (κ3) is 3.68. The molecule has 0 aromatic rings. The monoisotopic (exact) mass is 316 g/mol. The van der Waals surface area contributed by atoms with Gasteiger partial charge in [0.15, 0.2) is 0 Å². The maximum Gasteiger partial charge on any atom is 0.413 e. The van der Waals surface area contributed by atoms with E-state index in [4.69, 9.17) is 14.2 Å². The summed E-state index contributed by atoms with van der Waals surface area (Å²) in [5.74, 6) is -1.37. The molecule has 0 aromatic heterocycles. The molecular formula is C14H24N2O6. The molecular weight excluding hydrogens is 292 g/mol. The summed E-state index contributed by atoms with van der Waals surface area (Å²) in [4.78, 5) is 38.1. The molecule has 0 saturated carbocycles. The Morgan fingerprint density at radius 3 is 2.41 bits per heavy atom. The van der Waals surface area contributed by atoms with E-state index in [1.54, 1.807) is 27.7 Å². The van der Waals surface area contributed by atoms with Gasteiger partial charge in [-0.3, -0.25) is 9.69 Å². The molecule has 126 valence electrons. The van der Waals surface area contributed by atoms with E-state index >= 15 is 0 Å². The average Bonchev–Trinajstić information content (AvgIpc) is 2.77. The number of methoxy groups -OCH3 is 1. The van der Waals surface area contributed by atoms with Gasteiger partial charge < -0.3 is 19.5 Å². The Morgan fingerprint density at radius 1 is 1.36 bits per heavy atom. The molecule has 0 radical (unpaired) electrons. The summed E-state index contributed by atoms with van der Waals surface area (Å²) in [5.41, 5.74) is -2.53. The smallest absolute Gasteiger partial charge is 0.413 e. The molecule has 1 aliphatic heterocycles. The topological polar surface area (TPSA) is 94.2 Å². The van der Waals surface area contributed by atoms with Gasteiger partial charge in [0.25, 0.3) is 5.91 Å². The highest BCUT2D eigenvalue weighted by Gasteiger charge is 2.58. The molecule has 22 heavy (non-hydrogen) atoms. The van der Waals surface area contributed by atoms with Gasteiger partial charge in [0.2, 0.25) is 5.54 Å². The van der Waals surface area contributed by atoms with Crippen LogP contribution in [0.5, 0.6) is 0 Å². The molecule has 1 atom stereocenters. The number of nitrogens with zero attached hydrogens (tertiary/aromatic N) is 1. The van der Waals surface area contributed by atoms with Crippen LogP contribution < -0.4 is 5.32 Å². The summed E-state index contributed by atoms with van der Waals surface area (Å²) < 4.78 is 15.3.